The van der Waals surface area contributed by atoms with E-state index in [1.54, 1.807) is 18.2 Å². The van der Waals surface area contributed by atoms with Gasteiger partial charge in [0.1, 0.15) is 0 Å². The van der Waals surface area contributed by atoms with Crippen LogP contribution in [0.3, 0.4) is 0 Å². The summed E-state index contributed by atoms with van der Waals surface area (Å²) in [4.78, 5) is 12.4. The molecular weight excluding hydrogens is 348 g/mol. The maximum Gasteiger partial charge on any atom is 0.264 e. The molecule has 0 saturated heterocycles. The van der Waals surface area contributed by atoms with Gasteiger partial charge in [-0.2, -0.15) is 0 Å². The topological polar surface area (TPSA) is 66.5 Å². The molecule has 6 heteroatoms. The number of amides is 1. The van der Waals surface area contributed by atoms with Crippen molar-refractivity contribution in [1.29, 1.82) is 0 Å². The Labute approximate surface area is 156 Å². The molecule has 5 nitrogen and oxygen atoms in total. The van der Waals surface area contributed by atoms with Crippen LogP contribution in [0.25, 0.3) is 0 Å². The molecule has 0 fully saturated rings. The number of hydrogen-bond donors (Lipinski definition) is 1. The second kappa shape index (κ2) is 8.85. The van der Waals surface area contributed by atoms with E-state index in [0.29, 0.717) is 17.8 Å². The Morgan fingerprint density at radius 2 is 1.81 bits per heavy atom. The number of anilines is 1. The minimum atomic E-state index is -3.74. The largest absolute Gasteiger partial charge is 0.352 e. The number of carbonyl (C=O) groups excluding carboxylic acids is 1. The molecule has 0 heterocycles. The van der Waals surface area contributed by atoms with Gasteiger partial charge < -0.3 is 5.32 Å². The predicted molar refractivity (Wildman–Crippen MR) is 105 cm³/mol. The van der Waals surface area contributed by atoms with Gasteiger partial charge in [0.05, 0.1) is 10.6 Å². The maximum absolute atomic E-state index is 12.9. The molecule has 0 aliphatic rings. The Bertz CT molecular complexity index is 863. The molecule has 0 bridgehead atoms. The van der Waals surface area contributed by atoms with Crippen LogP contribution in [-0.4, -0.2) is 27.9 Å². The van der Waals surface area contributed by atoms with Crippen molar-refractivity contribution in [1.82, 2.24) is 5.32 Å². The molecule has 0 aliphatic carbocycles. The zero-order valence-corrected chi connectivity index (χ0v) is 16.3. The van der Waals surface area contributed by atoms with Gasteiger partial charge in [-0.1, -0.05) is 38.0 Å². The van der Waals surface area contributed by atoms with Crippen molar-refractivity contribution in [2.45, 2.75) is 38.0 Å². The summed E-state index contributed by atoms with van der Waals surface area (Å²) in [6, 6.07) is 13.4. The quantitative estimate of drug-likeness (QED) is 0.716. The van der Waals surface area contributed by atoms with E-state index < -0.39 is 10.0 Å². The molecule has 0 saturated carbocycles. The molecule has 2 aromatic rings. The summed E-state index contributed by atoms with van der Waals surface area (Å²) in [7, 11) is -2.23. The summed E-state index contributed by atoms with van der Waals surface area (Å²) in [6.07, 6.45) is 3.04. The van der Waals surface area contributed by atoms with E-state index in [0.717, 1.165) is 24.8 Å². The van der Waals surface area contributed by atoms with E-state index in [9.17, 15) is 13.2 Å². The Morgan fingerprint density at radius 3 is 2.50 bits per heavy atom. The Morgan fingerprint density at radius 1 is 1.08 bits per heavy atom. The van der Waals surface area contributed by atoms with Crippen molar-refractivity contribution in [3.8, 4) is 0 Å². The highest BCUT2D eigenvalue weighted by atomic mass is 32.2. The van der Waals surface area contributed by atoms with E-state index >= 15 is 0 Å². The van der Waals surface area contributed by atoms with Gasteiger partial charge in [-0.15, -0.1) is 0 Å². The zero-order chi connectivity index (χ0) is 19.2. The minimum Gasteiger partial charge on any atom is -0.352 e. The molecule has 1 N–H and O–H groups in total. The van der Waals surface area contributed by atoms with Crippen LogP contribution in [0.1, 0.15) is 42.1 Å². The van der Waals surface area contributed by atoms with Gasteiger partial charge in [0.25, 0.3) is 15.9 Å². The number of carbonyl (C=O) groups is 1. The Balaban J connectivity index is 2.21. The Kier molecular flexibility index (Phi) is 6.80. The first kappa shape index (κ1) is 20.0. The first-order valence-electron chi connectivity index (χ1n) is 8.80. The molecule has 140 valence electrons. The predicted octanol–water partition coefficient (Wildman–Crippen LogP) is 3.74. The monoisotopic (exact) mass is 374 g/mol. The van der Waals surface area contributed by atoms with Crippen LogP contribution in [0.2, 0.25) is 0 Å². The molecule has 0 unspecified atom stereocenters. The van der Waals surface area contributed by atoms with E-state index in [2.05, 4.69) is 12.2 Å². The van der Waals surface area contributed by atoms with E-state index in [1.807, 2.05) is 25.1 Å². The number of aryl methyl sites for hydroxylation is 1. The number of sulfonamides is 1. The van der Waals surface area contributed by atoms with Gasteiger partial charge in [-0.25, -0.2) is 8.42 Å². The molecule has 0 spiro atoms. The van der Waals surface area contributed by atoms with Crippen molar-refractivity contribution in [3.63, 3.8) is 0 Å². The van der Waals surface area contributed by atoms with Crippen LogP contribution < -0.4 is 9.62 Å². The molecule has 1 amide bonds. The van der Waals surface area contributed by atoms with Crippen LogP contribution in [0, 0.1) is 6.92 Å². The summed E-state index contributed by atoms with van der Waals surface area (Å²) in [5.41, 5.74) is 1.91. The molecular formula is C20H26N2O3S. The second-order valence-electron chi connectivity index (χ2n) is 6.30. The van der Waals surface area contributed by atoms with Crippen molar-refractivity contribution < 1.29 is 13.2 Å². The minimum absolute atomic E-state index is 0.0997. The molecule has 0 atom stereocenters. The standard InChI is InChI=1S/C20H26N2O3S/c1-4-5-6-13-21-20(23)17-10-8-12-19(15-17)26(24,25)22(3)18-11-7-9-16(2)14-18/h7-12,14-15H,4-6,13H2,1-3H3,(H,21,23). The summed E-state index contributed by atoms with van der Waals surface area (Å²) in [6.45, 7) is 4.60. The van der Waals surface area contributed by atoms with Crippen molar-refractivity contribution >= 4 is 21.6 Å². The SMILES string of the molecule is CCCCCNC(=O)c1cccc(S(=O)(=O)N(C)c2cccc(C)c2)c1. The highest BCUT2D eigenvalue weighted by Crippen LogP contribution is 2.23. The molecule has 0 aromatic heterocycles. The normalized spacial score (nSPS) is 11.2. The molecule has 0 aliphatic heterocycles. The van der Waals surface area contributed by atoms with Crippen molar-refractivity contribution in [2.75, 3.05) is 17.9 Å². The number of benzene rings is 2. The third kappa shape index (κ3) is 4.85. The van der Waals surface area contributed by atoms with Gasteiger partial charge >= 0.3 is 0 Å². The van der Waals surface area contributed by atoms with Crippen LogP contribution in [-0.2, 0) is 10.0 Å². The van der Waals surface area contributed by atoms with Gasteiger partial charge in [-0.3, -0.25) is 9.10 Å². The lowest BCUT2D eigenvalue weighted by Crippen LogP contribution is -2.28. The number of unbranched alkanes of at least 4 members (excludes halogenated alkanes) is 2. The fourth-order valence-electron chi connectivity index (χ4n) is 2.60. The molecule has 26 heavy (non-hydrogen) atoms. The lowest BCUT2D eigenvalue weighted by atomic mass is 10.2. The summed E-state index contributed by atoms with van der Waals surface area (Å²) in [5, 5.41) is 2.83. The second-order valence-corrected chi connectivity index (χ2v) is 8.27. The fraction of sp³-hybridized carbons (Fsp3) is 0.350. The third-order valence-corrected chi connectivity index (χ3v) is 5.97. The average Bonchev–Trinajstić information content (AvgIpc) is 2.64. The van der Waals surface area contributed by atoms with Gasteiger partial charge in [0.15, 0.2) is 0 Å². The number of nitrogens with one attached hydrogen (secondary N) is 1. The fourth-order valence-corrected chi connectivity index (χ4v) is 3.83. The van der Waals surface area contributed by atoms with Gasteiger partial charge in [0.2, 0.25) is 0 Å². The average molecular weight is 375 g/mol. The molecule has 2 aromatic carbocycles. The number of hydrogen-bond acceptors (Lipinski definition) is 3. The zero-order valence-electron chi connectivity index (χ0n) is 15.5. The van der Waals surface area contributed by atoms with E-state index in [1.165, 1.54) is 23.5 Å². The van der Waals surface area contributed by atoms with E-state index in [-0.39, 0.29) is 10.8 Å². The van der Waals surface area contributed by atoms with Crippen LogP contribution >= 0.6 is 0 Å². The van der Waals surface area contributed by atoms with Crippen molar-refractivity contribution in [2.24, 2.45) is 0 Å². The van der Waals surface area contributed by atoms with Crippen LogP contribution in [0.15, 0.2) is 53.4 Å². The number of rotatable bonds is 8. The summed E-state index contributed by atoms with van der Waals surface area (Å²) < 4.78 is 27.1. The first-order chi connectivity index (χ1) is 12.4. The summed E-state index contributed by atoms with van der Waals surface area (Å²) in [5.74, 6) is -0.253. The van der Waals surface area contributed by atoms with Crippen LogP contribution in [0.4, 0.5) is 5.69 Å². The lowest BCUT2D eigenvalue weighted by molar-refractivity contribution is 0.0952. The smallest absolute Gasteiger partial charge is 0.264 e. The maximum atomic E-state index is 12.9. The first-order valence-corrected chi connectivity index (χ1v) is 10.2. The Hall–Kier alpha value is -2.34. The number of nitrogens with zero attached hydrogens (tertiary/aromatic N) is 1. The van der Waals surface area contributed by atoms with Gasteiger partial charge in [-0.05, 0) is 49.2 Å². The third-order valence-electron chi connectivity index (χ3n) is 4.19. The highest BCUT2D eigenvalue weighted by molar-refractivity contribution is 7.92. The van der Waals surface area contributed by atoms with Crippen LogP contribution in [0.5, 0.6) is 0 Å². The highest BCUT2D eigenvalue weighted by Gasteiger charge is 2.22. The van der Waals surface area contributed by atoms with Gasteiger partial charge in [0, 0.05) is 19.2 Å². The lowest BCUT2D eigenvalue weighted by Gasteiger charge is -2.20. The van der Waals surface area contributed by atoms with Crippen molar-refractivity contribution in [3.05, 3.63) is 59.7 Å². The molecule has 2 rings (SSSR count). The summed E-state index contributed by atoms with van der Waals surface area (Å²) >= 11 is 0. The molecule has 0 radical (unpaired) electrons. The van der Waals surface area contributed by atoms with E-state index in [4.69, 9.17) is 0 Å².